The number of thiophene rings is 1. The summed E-state index contributed by atoms with van der Waals surface area (Å²) < 4.78 is 0. The molecule has 1 amide bonds. The van der Waals surface area contributed by atoms with Gasteiger partial charge in [-0.05, 0) is 42.2 Å². The highest BCUT2D eigenvalue weighted by atomic mass is 32.1. The van der Waals surface area contributed by atoms with E-state index < -0.39 is 0 Å². The molecular formula is C16H26N2OS. The maximum Gasteiger partial charge on any atom is 0.241 e. The van der Waals surface area contributed by atoms with Crippen molar-refractivity contribution in [3.63, 3.8) is 0 Å². The van der Waals surface area contributed by atoms with Gasteiger partial charge in [0.2, 0.25) is 5.91 Å². The van der Waals surface area contributed by atoms with E-state index in [4.69, 9.17) is 0 Å². The van der Waals surface area contributed by atoms with Crippen molar-refractivity contribution in [2.24, 2.45) is 0 Å². The van der Waals surface area contributed by atoms with Crippen molar-refractivity contribution < 1.29 is 4.79 Å². The van der Waals surface area contributed by atoms with Crippen LogP contribution in [0.3, 0.4) is 0 Å². The van der Waals surface area contributed by atoms with Crippen LogP contribution in [0.2, 0.25) is 0 Å². The average Bonchev–Trinajstić information content (AvgIpc) is 3.04. The van der Waals surface area contributed by atoms with Gasteiger partial charge < -0.3 is 4.90 Å². The van der Waals surface area contributed by atoms with E-state index in [1.54, 1.807) is 11.3 Å². The van der Waals surface area contributed by atoms with Crippen LogP contribution in [0.5, 0.6) is 0 Å². The highest BCUT2D eigenvalue weighted by Gasteiger charge is 2.41. The fraction of sp³-hybridized carbons (Fsp3) is 0.688. The van der Waals surface area contributed by atoms with E-state index >= 15 is 0 Å². The smallest absolute Gasteiger partial charge is 0.241 e. The number of unbranched alkanes of at least 4 members (excludes halogenated alkanes) is 1. The molecule has 112 valence electrons. The van der Waals surface area contributed by atoms with E-state index in [1.165, 1.54) is 5.56 Å². The first-order valence-electron chi connectivity index (χ1n) is 7.79. The monoisotopic (exact) mass is 294 g/mol. The summed E-state index contributed by atoms with van der Waals surface area (Å²) in [5, 5.41) is 7.79. The molecule has 0 radical (unpaired) electrons. The second-order valence-electron chi connectivity index (χ2n) is 5.70. The van der Waals surface area contributed by atoms with E-state index in [2.05, 4.69) is 47.8 Å². The molecule has 0 aromatic carbocycles. The van der Waals surface area contributed by atoms with Gasteiger partial charge in [-0.25, -0.2) is 0 Å². The van der Waals surface area contributed by atoms with Crippen molar-refractivity contribution in [3.05, 3.63) is 22.4 Å². The summed E-state index contributed by atoms with van der Waals surface area (Å²) in [6.45, 7) is 6.52. The van der Waals surface area contributed by atoms with E-state index in [0.717, 1.165) is 32.1 Å². The summed E-state index contributed by atoms with van der Waals surface area (Å²) in [5.41, 5.74) is 1.23. The first kappa shape index (κ1) is 15.5. The third kappa shape index (κ3) is 3.23. The first-order chi connectivity index (χ1) is 9.69. The maximum atomic E-state index is 12.7. The quantitative estimate of drug-likeness (QED) is 0.826. The van der Waals surface area contributed by atoms with Crippen LogP contribution in [0.25, 0.3) is 0 Å². The molecule has 2 heterocycles. The zero-order chi connectivity index (χ0) is 14.5. The standard InChI is InChI=1S/C16H26N2OS/c1-4-6-8-14-16(19)18(12(3)7-5-2)15(17-14)13-9-10-20-11-13/h9-12,14-15,17H,4-8H2,1-3H3. The van der Waals surface area contributed by atoms with Crippen molar-refractivity contribution in [1.82, 2.24) is 10.2 Å². The highest BCUT2D eigenvalue weighted by molar-refractivity contribution is 7.07. The van der Waals surface area contributed by atoms with Gasteiger partial charge in [0.25, 0.3) is 0 Å². The Morgan fingerprint density at radius 2 is 2.20 bits per heavy atom. The number of amides is 1. The molecule has 1 aliphatic rings. The Bertz CT molecular complexity index is 418. The average molecular weight is 294 g/mol. The molecule has 3 nitrogen and oxygen atoms in total. The lowest BCUT2D eigenvalue weighted by atomic mass is 10.1. The van der Waals surface area contributed by atoms with Gasteiger partial charge in [0, 0.05) is 6.04 Å². The number of carbonyl (C=O) groups is 1. The minimum absolute atomic E-state index is 0.000781. The number of nitrogens with zero attached hydrogens (tertiary/aromatic N) is 1. The van der Waals surface area contributed by atoms with Crippen LogP contribution in [-0.2, 0) is 4.79 Å². The number of rotatable bonds is 7. The third-order valence-electron chi connectivity index (χ3n) is 4.08. The third-order valence-corrected chi connectivity index (χ3v) is 4.78. The fourth-order valence-electron chi connectivity index (χ4n) is 2.98. The predicted octanol–water partition coefficient (Wildman–Crippen LogP) is 3.93. The zero-order valence-electron chi connectivity index (χ0n) is 12.8. The normalized spacial score (nSPS) is 24.4. The van der Waals surface area contributed by atoms with Gasteiger partial charge in [-0.1, -0.05) is 33.1 Å². The van der Waals surface area contributed by atoms with Gasteiger partial charge in [-0.3, -0.25) is 10.1 Å². The molecule has 1 fully saturated rings. The van der Waals surface area contributed by atoms with Crippen LogP contribution in [0.4, 0.5) is 0 Å². The lowest BCUT2D eigenvalue weighted by molar-refractivity contribution is -0.132. The fourth-order valence-corrected chi connectivity index (χ4v) is 3.66. The molecule has 1 aromatic rings. The molecule has 3 atom stereocenters. The van der Waals surface area contributed by atoms with Crippen LogP contribution < -0.4 is 5.32 Å². The van der Waals surface area contributed by atoms with Gasteiger partial charge >= 0.3 is 0 Å². The minimum atomic E-state index is -0.000781. The molecule has 1 aliphatic heterocycles. The van der Waals surface area contributed by atoms with Crippen molar-refractivity contribution in [3.8, 4) is 0 Å². The highest BCUT2D eigenvalue weighted by Crippen LogP contribution is 2.31. The summed E-state index contributed by atoms with van der Waals surface area (Å²) in [4.78, 5) is 14.8. The van der Waals surface area contributed by atoms with Gasteiger partial charge in [-0.15, -0.1) is 0 Å². The molecule has 0 saturated carbocycles. The number of carbonyl (C=O) groups excluding carboxylic acids is 1. The van der Waals surface area contributed by atoms with Crippen LogP contribution in [0, 0.1) is 0 Å². The molecule has 4 heteroatoms. The predicted molar refractivity (Wildman–Crippen MR) is 84.7 cm³/mol. The lowest BCUT2D eigenvalue weighted by Crippen LogP contribution is -2.38. The second kappa shape index (κ2) is 7.23. The molecule has 3 unspecified atom stereocenters. The molecule has 1 saturated heterocycles. The molecule has 0 aliphatic carbocycles. The van der Waals surface area contributed by atoms with Crippen LogP contribution >= 0.6 is 11.3 Å². The Morgan fingerprint density at radius 3 is 2.80 bits per heavy atom. The Kier molecular flexibility index (Phi) is 5.61. The van der Waals surface area contributed by atoms with Gasteiger partial charge in [0.1, 0.15) is 6.17 Å². The minimum Gasteiger partial charge on any atom is -0.319 e. The van der Waals surface area contributed by atoms with Gasteiger partial charge in [0.05, 0.1) is 6.04 Å². The number of hydrogen-bond donors (Lipinski definition) is 1. The Hall–Kier alpha value is -0.870. The maximum absolute atomic E-state index is 12.7. The van der Waals surface area contributed by atoms with E-state index in [-0.39, 0.29) is 18.1 Å². The van der Waals surface area contributed by atoms with E-state index in [1.807, 2.05) is 0 Å². The number of hydrogen-bond acceptors (Lipinski definition) is 3. The van der Waals surface area contributed by atoms with E-state index in [9.17, 15) is 4.79 Å². The molecule has 0 spiro atoms. The number of nitrogens with one attached hydrogen (secondary N) is 1. The Balaban J connectivity index is 2.16. The molecule has 2 rings (SSSR count). The summed E-state index contributed by atoms with van der Waals surface area (Å²) in [6, 6.07) is 2.43. The summed E-state index contributed by atoms with van der Waals surface area (Å²) in [5.74, 6) is 0.288. The molecule has 1 N–H and O–H groups in total. The summed E-state index contributed by atoms with van der Waals surface area (Å²) in [7, 11) is 0. The van der Waals surface area contributed by atoms with Crippen molar-refractivity contribution in [2.75, 3.05) is 0 Å². The largest absolute Gasteiger partial charge is 0.319 e. The Morgan fingerprint density at radius 1 is 1.40 bits per heavy atom. The van der Waals surface area contributed by atoms with Gasteiger partial charge in [-0.2, -0.15) is 11.3 Å². The van der Waals surface area contributed by atoms with Crippen LogP contribution in [0.1, 0.15) is 64.6 Å². The topological polar surface area (TPSA) is 32.3 Å². The molecule has 1 aromatic heterocycles. The molecule has 20 heavy (non-hydrogen) atoms. The SMILES string of the molecule is CCCCC1NC(c2ccsc2)N(C(C)CCC)C1=O. The second-order valence-corrected chi connectivity index (χ2v) is 6.48. The Labute approximate surface area is 126 Å². The van der Waals surface area contributed by atoms with E-state index in [0.29, 0.717) is 6.04 Å². The molecular weight excluding hydrogens is 268 g/mol. The summed E-state index contributed by atoms with van der Waals surface area (Å²) >= 11 is 1.70. The van der Waals surface area contributed by atoms with Crippen LogP contribution in [-0.4, -0.2) is 22.9 Å². The van der Waals surface area contributed by atoms with Gasteiger partial charge in [0.15, 0.2) is 0 Å². The zero-order valence-corrected chi connectivity index (χ0v) is 13.6. The lowest BCUT2D eigenvalue weighted by Gasteiger charge is -2.30. The van der Waals surface area contributed by atoms with Crippen molar-refractivity contribution in [1.29, 1.82) is 0 Å². The van der Waals surface area contributed by atoms with Crippen molar-refractivity contribution >= 4 is 17.2 Å². The van der Waals surface area contributed by atoms with Crippen molar-refractivity contribution in [2.45, 2.75) is 71.1 Å². The molecule has 0 bridgehead atoms. The van der Waals surface area contributed by atoms with Crippen LogP contribution in [0.15, 0.2) is 16.8 Å². The first-order valence-corrected chi connectivity index (χ1v) is 8.73. The summed E-state index contributed by atoms with van der Waals surface area (Å²) in [6.07, 6.45) is 5.44.